The fourth-order valence-electron chi connectivity index (χ4n) is 11.0. The van der Waals surface area contributed by atoms with Crippen molar-refractivity contribution in [3.63, 3.8) is 0 Å². The predicted molar refractivity (Wildman–Crippen MR) is 319 cm³/mol. The number of benzene rings is 2. The third kappa shape index (κ3) is 14.3. The Bertz CT molecular complexity index is 3850. The van der Waals surface area contributed by atoms with E-state index in [1.165, 1.54) is 30.7 Å². The van der Waals surface area contributed by atoms with Crippen molar-refractivity contribution in [3.8, 4) is 0 Å². The summed E-state index contributed by atoms with van der Waals surface area (Å²) in [4.78, 5) is 59.8. The zero-order valence-electron chi connectivity index (χ0n) is 46.2. The molecule has 83 heavy (non-hydrogen) atoms. The van der Waals surface area contributed by atoms with Gasteiger partial charge in [0.05, 0.1) is 58.5 Å². The summed E-state index contributed by atoms with van der Waals surface area (Å²) >= 11 is 18.5. The molecule has 4 fully saturated rings. The standard InChI is InChI=1S/C28H31ClN8O3S.C20H21Cl2N5O3S.C8H11N3/c1-18-16-37-25(32-27(18)35-13-9-19(17-35)26-30-10-5-11-31-26)15-23(33-37)24-6-3-4-12-36(24)28(38)21-14-20(29)7-8-22(21)34-41(2,39)40;1-12-11-27-18(23-19(12)22)10-16(24-27)17-5-3-4-8-26(17)20(28)14-9-13(21)6-7-15(14)25-31(2,29)30;1-3-10-8(11-4-1)7-2-5-9-6-7/h5,7-8,10-11,14-16,19,24,34H,3-4,6,9,12-13,17H2,1-2H3;6-7,9-11,17,25H,3-5,8H2,1-2H3;1,3-4,7,9H,2,5-6H2/t19?,24-;17-;/m00./s1. The Morgan fingerprint density at radius 1 is 0.602 bits per heavy atom. The fourth-order valence-corrected chi connectivity index (χ4v) is 12.6. The highest BCUT2D eigenvalue weighted by atomic mass is 35.5. The van der Waals surface area contributed by atoms with Gasteiger partial charge < -0.3 is 20.0 Å². The van der Waals surface area contributed by atoms with Gasteiger partial charge in [0, 0.05) is 115 Å². The smallest absolute Gasteiger partial charge is 0.256 e. The monoisotopic (exact) mass is 1220 g/mol. The molecule has 4 saturated heterocycles. The SMILES string of the molecule is Cc1cn2nc([C@@H]3CCCCN3C(=O)c3cc(Cl)ccc3NS(C)(=O)=O)cc2nc1Cl.Cc1cn2nc([C@@H]3CCCCN3C(=O)c3cc(Cl)ccc3NS(C)(=O)=O)cc2nc1N1CCC(c2ncccn2)C1.c1cnc(C2CCNC2)nc1. The van der Waals surface area contributed by atoms with Gasteiger partial charge in [-0.3, -0.25) is 19.0 Å². The number of carbonyl (C=O) groups is 2. The van der Waals surface area contributed by atoms with E-state index in [2.05, 4.69) is 49.7 Å². The van der Waals surface area contributed by atoms with E-state index in [9.17, 15) is 26.4 Å². The summed E-state index contributed by atoms with van der Waals surface area (Å²) in [5.41, 5.74) is 5.39. The zero-order valence-corrected chi connectivity index (χ0v) is 50.1. The van der Waals surface area contributed by atoms with E-state index in [1.807, 2.05) is 44.3 Å². The lowest BCUT2D eigenvalue weighted by atomic mass is 9.98. The highest BCUT2D eigenvalue weighted by Gasteiger charge is 2.35. The van der Waals surface area contributed by atoms with E-state index in [0.717, 1.165) is 118 Å². The molecule has 2 unspecified atom stereocenters. The van der Waals surface area contributed by atoms with Crippen molar-refractivity contribution in [1.29, 1.82) is 0 Å². The predicted octanol–water partition coefficient (Wildman–Crippen LogP) is 8.85. The van der Waals surface area contributed by atoms with E-state index in [4.69, 9.17) is 44.9 Å². The highest BCUT2D eigenvalue weighted by molar-refractivity contribution is 7.92. The van der Waals surface area contributed by atoms with Crippen LogP contribution in [0.25, 0.3) is 11.3 Å². The summed E-state index contributed by atoms with van der Waals surface area (Å²) in [6, 6.07) is 16.0. The summed E-state index contributed by atoms with van der Waals surface area (Å²) in [6.45, 7) is 8.72. The zero-order chi connectivity index (χ0) is 58.6. The van der Waals surface area contributed by atoms with Crippen LogP contribution in [0.5, 0.6) is 0 Å². The van der Waals surface area contributed by atoms with Crippen molar-refractivity contribution < 1.29 is 26.4 Å². The molecule has 6 aromatic heterocycles. The second kappa shape index (κ2) is 25.4. The lowest BCUT2D eigenvalue weighted by Gasteiger charge is -2.35. The first-order chi connectivity index (χ1) is 39.7. The van der Waals surface area contributed by atoms with Gasteiger partial charge in [0.2, 0.25) is 20.0 Å². The topological polar surface area (TPSA) is 260 Å². The fraction of sp³-hybridized carbons (Fsp3) is 0.393. The summed E-state index contributed by atoms with van der Waals surface area (Å²) in [5.74, 6) is 2.94. The van der Waals surface area contributed by atoms with Gasteiger partial charge in [-0.15, -0.1) is 0 Å². The minimum absolute atomic E-state index is 0.195. The van der Waals surface area contributed by atoms with Crippen LogP contribution in [0.4, 0.5) is 17.2 Å². The third-order valence-electron chi connectivity index (χ3n) is 14.9. The average Bonchev–Trinajstić information content (AvgIpc) is 4.53. The summed E-state index contributed by atoms with van der Waals surface area (Å²) in [5, 5.41) is 13.9. The maximum atomic E-state index is 13.9. The number of hydrogen-bond donors (Lipinski definition) is 3. The lowest BCUT2D eigenvalue weighted by molar-refractivity contribution is 0.0600. The third-order valence-corrected chi connectivity index (χ3v) is 16.9. The number of likely N-dealkylation sites (tertiary alicyclic amines) is 2. The lowest BCUT2D eigenvalue weighted by Crippen LogP contribution is -2.39. The van der Waals surface area contributed by atoms with E-state index in [0.29, 0.717) is 51.2 Å². The van der Waals surface area contributed by atoms with Crippen LogP contribution in [0.15, 0.2) is 97.8 Å². The largest absolute Gasteiger partial charge is 0.356 e. The molecule has 22 nitrogen and oxygen atoms in total. The maximum Gasteiger partial charge on any atom is 0.256 e. The van der Waals surface area contributed by atoms with Crippen LogP contribution < -0.4 is 19.7 Å². The molecule has 0 bridgehead atoms. The van der Waals surface area contributed by atoms with Gasteiger partial charge in [-0.25, -0.2) is 55.8 Å². The van der Waals surface area contributed by atoms with Crippen molar-refractivity contribution >= 4 is 95.2 Å². The van der Waals surface area contributed by atoms with Crippen molar-refractivity contribution in [2.24, 2.45) is 0 Å². The van der Waals surface area contributed by atoms with E-state index in [-0.39, 0.29) is 52.3 Å². The van der Waals surface area contributed by atoms with Crippen LogP contribution in [-0.2, 0) is 20.0 Å². The van der Waals surface area contributed by atoms with Crippen LogP contribution in [0.3, 0.4) is 0 Å². The van der Waals surface area contributed by atoms with E-state index >= 15 is 0 Å². The summed E-state index contributed by atoms with van der Waals surface area (Å²) in [6.07, 6.45) is 20.2. The van der Waals surface area contributed by atoms with Gasteiger partial charge >= 0.3 is 0 Å². The number of aromatic nitrogens is 10. The first kappa shape index (κ1) is 59.1. The van der Waals surface area contributed by atoms with Crippen LogP contribution in [0.2, 0.25) is 15.2 Å². The molecular formula is C56H63Cl3N16O6S2. The molecule has 0 saturated carbocycles. The van der Waals surface area contributed by atoms with Gasteiger partial charge in [-0.2, -0.15) is 10.2 Å². The number of rotatable bonds is 11. The number of fused-ring (bicyclic) bond motifs is 2. The Morgan fingerprint density at radius 2 is 1.10 bits per heavy atom. The molecule has 0 aliphatic carbocycles. The molecule has 4 atom stereocenters. The number of sulfonamides is 2. The minimum atomic E-state index is -3.59. The van der Waals surface area contributed by atoms with Gasteiger partial charge in [0.1, 0.15) is 22.6 Å². The number of carbonyl (C=O) groups excluding carboxylic acids is 2. The molecular weight excluding hydrogens is 1160 g/mol. The van der Waals surface area contributed by atoms with Gasteiger partial charge in [-0.1, -0.05) is 34.8 Å². The molecule has 27 heteroatoms. The van der Waals surface area contributed by atoms with Gasteiger partial charge in [-0.05, 0) is 120 Å². The quantitative estimate of drug-likeness (QED) is 0.102. The molecule has 2 amide bonds. The Kier molecular flexibility index (Phi) is 18.1. The van der Waals surface area contributed by atoms with Crippen molar-refractivity contribution in [3.05, 3.63) is 158 Å². The number of aryl methyl sites for hydroxylation is 2. The molecule has 2 aromatic carbocycles. The first-order valence-electron chi connectivity index (χ1n) is 27.3. The van der Waals surface area contributed by atoms with Crippen LogP contribution in [0.1, 0.15) is 130 Å². The molecule has 0 spiro atoms. The second-order valence-electron chi connectivity index (χ2n) is 21.2. The number of anilines is 3. The van der Waals surface area contributed by atoms with E-state index in [1.54, 1.807) is 61.9 Å². The van der Waals surface area contributed by atoms with Crippen LogP contribution in [-0.4, -0.2) is 139 Å². The minimum Gasteiger partial charge on any atom is -0.356 e. The molecule has 436 valence electrons. The van der Waals surface area contributed by atoms with Crippen molar-refractivity contribution in [2.45, 2.75) is 89.1 Å². The number of nitrogens with zero attached hydrogens (tertiary/aromatic N) is 13. The maximum absolute atomic E-state index is 13.9. The Morgan fingerprint density at radius 3 is 1.59 bits per heavy atom. The van der Waals surface area contributed by atoms with Crippen molar-refractivity contribution in [1.82, 2.24) is 64.2 Å². The van der Waals surface area contributed by atoms with Crippen LogP contribution >= 0.6 is 34.8 Å². The molecule has 0 radical (unpaired) electrons. The number of hydrogen-bond acceptors (Lipinski definition) is 16. The molecule has 12 rings (SSSR count). The summed E-state index contributed by atoms with van der Waals surface area (Å²) < 4.78 is 55.8. The number of piperidine rings is 2. The number of halogens is 3. The van der Waals surface area contributed by atoms with Gasteiger partial charge in [0.25, 0.3) is 11.8 Å². The average molecular weight is 1230 g/mol. The highest BCUT2D eigenvalue weighted by Crippen LogP contribution is 2.37. The molecule has 4 aliphatic heterocycles. The second-order valence-corrected chi connectivity index (χ2v) is 25.9. The first-order valence-corrected chi connectivity index (χ1v) is 32.2. The van der Waals surface area contributed by atoms with Gasteiger partial charge in [0.15, 0.2) is 11.3 Å². The Balaban J connectivity index is 0.000000160. The Labute approximate surface area is 496 Å². The summed E-state index contributed by atoms with van der Waals surface area (Å²) in [7, 11) is -7.16. The van der Waals surface area contributed by atoms with E-state index < -0.39 is 20.0 Å². The number of amides is 2. The van der Waals surface area contributed by atoms with Crippen molar-refractivity contribution in [2.75, 3.05) is 66.1 Å². The normalized spacial score (nSPS) is 19.2. The van der Waals surface area contributed by atoms with Crippen LogP contribution in [0, 0.1) is 13.8 Å². The molecule has 4 aliphatic rings. The Hall–Kier alpha value is -7.09. The number of nitrogens with one attached hydrogen (secondary N) is 3. The molecule has 10 heterocycles. The molecule has 8 aromatic rings. The molecule has 3 N–H and O–H groups in total.